The molecule has 126 valence electrons. The van der Waals surface area contributed by atoms with Gasteiger partial charge in [-0.25, -0.2) is 9.78 Å². The van der Waals surface area contributed by atoms with Crippen molar-refractivity contribution in [1.82, 2.24) is 15.6 Å². The van der Waals surface area contributed by atoms with Crippen molar-refractivity contribution in [2.24, 2.45) is 0 Å². The Morgan fingerprint density at radius 3 is 2.96 bits per heavy atom. The highest BCUT2D eigenvalue weighted by molar-refractivity contribution is 7.14. The SMILES string of the molecule is O=C(Cc1csc(N2CCNC2=O)n1)NCc1ccc(Cl)cc1Cl. The highest BCUT2D eigenvalue weighted by atomic mass is 35.5. The summed E-state index contributed by atoms with van der Waals surface area (Å²) in [6, 6.07) is 4.98. The van der Waals surface area contributed by atoms with Crippen molar-refractivity contribution in [1.29, 1.82) is 0 Å². The quantitative estimate of drug-likeness (QED) is 0.831. The smallest absolute Gasteiger partial charge is 0.323 e. The van der Waals surface area contributed by atoms with E-state index in [0.717, 1.165) is 5.56 Å². The number of hydrogen-bond donors (Lipinski definition) is 2. The summed E-state index contributed by atoms with van der Waals surface area (Å²) >= 11 is 13.3. The Hall–Kier alpha value is -1.83. The first kappa shape index (κ1) is 17.0. The summed E-state index contributed by atoms with van der Waals surface area (Å²) in [5, 5.41) is 8.98. The Morgan fingerprint density at radius 2 is 2.25 bits per heavy atom. The second-order valence-electron chi connectivity index (χ2n) is 5.19. The fraction of sp³-hybridized carbons (Fsp3) is 0.267. The summed E-state index contributed by atoms with van der Waals surface area (Å²) in [6.07, 6.45) is 0.150. The van der Waals surface area contributed by atoms with Gasteiger partial charge in [0, 0.05) is 35.1 Å². The zero-order chi connectivity index (χ0) is 17.1. The van der Waals surface area contributed by atoms with E-state index in [0.29, 0.717) is 40.5 Å². The number of urea groups is 1. The van der Waals surface area contributed by atoms with Crippen LogP contribution in [0, 0.1) is 0 Å². The first-order valence-electron chi connectivity index (χ1n) is 7.23. The lowest BCUT2D eigenvalue weighted by Crippen LogP contribution is -2.28. The number of hydrogen-bond acceptors (Lipinski definition) is 4. The third-order valence-electron chi connectivity index (χ3n) is 3.46. The predicted octanol–water partition coefficient (Wildman–Crippen LogP) is 2.84. The largest absolute Gasteiger partial charge is 0.352 e. The fourth-order valence-corrected chi connectivity index (χ4v) is 3.57. The number of nitrogens with zero attached hydrogens (tertiary/aromatic N) is 2. The molecule has 1 aliphatic rings. The van der Waals surface area contributed by atoms with Gasteiger partial charge in [-0.15, -0.1) is 11.3 Å². The average molecular weight is 385 g/mol. The van der Waals surface area contributed by atoms with E-state index in [4.69, 9.17) is 23.2 Å². The number of thiazole rings is 1. The maximum atomic E-state index is 12.1. The molecule has 0 bridgehead atoms. The molecular formula is C15H14Cl2N4O2S. The molecule has 1 fully saturated rings. The Labute approximate surface area is 152 Å². The second kappa shape index (κ2) is 7.38. The molecule has 1 saturated heterocycles. The molecule has 1 aromatic heterocycles. The number of benzene rings is 1. The maximum absolute atomic E-state index is 12.1. The van der Waals surface area contributed by atoms with Crippen molar-refractivity contribution in [2.75, 3.05) is 18.0 Å². The monoisotopic (exact) mass is 384 g/mol. The van der Waals surface area contributed by atoms with Gasteiger partial charge in [0.1, 0.15) is 0 Å². The fourth-order valence-electron chi connectivity index (χ4n) is 2.24. The summed E-state index contributed by atoms with van der Waals surface area (Å²) in [5.74, 6) is -0.163. The number of aromatic nitrogens is 1. The first-order valence-corrected chi connectivity index (χ1v) is 8.87. The molecule has 0 unspecified atom stereocenters. The molecule has 2 N–H and O–H groups in total. The maximum Gasteiger partial charge on any atom is 0.323 e. The number of anilines is 1. The normalized spacial score (nSPS) is 13.9. The van der Waals surface area contributed by atoms with Gasteiger partial charge >= 0.3 is 6.03 Å². The Kier molecular flexibility index (Phi) is 5.23. The zero-order valence-electron chi connectivity index (χ0n) is 12.5. The highest BCUT2D eigenvalue weighted by Crippen LogP contribution is 2.23. The van der Waals surface area contributed by atoms with Crippen molar-refractivity contribution in [3.63, 3.8) is 0 Å². The molecule has 0 saturated carbocycles. The summed E-state index contributed by atoms with van der Waals surface area (Å²) in [6.45, 7) is 1.52. The minimum Gasteiger partial charge on any atom is -0.352 e. The molecule has 6 nitrogen and oxygen atoms in total. The second-order valence-corrected chi connectivity index (χ2v) is 6.87. The number of carbonyl (C=O) groups is 2. The van der Waals surface area contributed by atoms with E-state index in [2.05, 4.69) is 15.6 Å². The first-order chi connectivity index (χ1) is 11.5. The van der Waals surface area contributed by atoms with E-state index in [1.54, 1.807) is 28.5 Å². The van der Waals surface area contributed by atoms with Gasteiger partial charge in [-0.2, -0.15) is 0 Å². The van der Waals surface area contributed by atoms with Crippen LogP contribution in [0.25, 0.3) is 0 Å². The van der Waals surface area contributed by atoms with E-state index in [-0.39, 0.29) is 18.4 Å². The predicted molar refractivity (Wildman–Crippen MR) is 94.9 cm³/mol. The average Bonchev–Trinajstić information content (AvgIpc) is 3.15. The van der Waals surface area contributed by atoms with Crippen molar-refractivity contribution in [3.8, 4) is 0 Å². The van der Waals surface area contributed by atoms with Gasteiger partial charge in [-0.3, -0.25) is 9.69 Å². The van der Waals surface area contributed by atoms with Crippen LogP contribution in [-0.2, 0) is 17.8 Å². The summed E-state index contributed by atoms with van der Waals surface area (Å²) in [5.41, 5.74) is 1.43. The summed E-state index contributed by atoms with van der Waals surface area (Å²) < 4.78 is 0. The minimum atomic E-state index is -0.163. The minimum absolute atomic E-state index is 0.150. The third-order valence-corrected chi connectivity index (χ3v) is 4.96. The number of halogens is 2. The van der Waals surface area contributed by atoms with E-state index < -0.39 is 0 Å². The van der Waals surface area contributed by atoms with Gasteiger partial charge in [0.05, 0.1) is 12.1 Å². The van der Waals surface area contributed by atoms with Gasteiger partial charge in [-0.1, -0.05) is 29.3 Å². The number of rotatable bonds is 5. The molecule has 0 spiro atoms. The van der Waals surface area contributed by atoms with Crippen molar-refractivity contribution in [2.45, 2.75) is 13.0 Å². The molecule has 0 radical (unpaired) electrons. The Balaban J connectivity index is 1.55. The molecule has 3 rings (SSSR count). The van der Waals surface area contributed by atoms with Crippen LogP contribution in [-0.4, -0.2) is 30.0 Å². The molecule has 2 aromatic rings. The van der Waals surface area contributed by atoms with Crippen molar-refractivity contribution >= 4 is 51.6 Å². The number of nitrogens with one attached hydrogen (secondary N) is 2. The lowest BCUT2D eigenvalue weighted by molar-refractivity contribution is -0.120. The standard InChI is InChI=1S/C15H14Cl2N4O2S/c16-10-2-1-9(12(17)5-10)7-19-13(22)6-11-8-24-15(20-11)21-4-3-18-14(21)23/h1-2,5,8H,3-4,6-7H2,(H,18,23)(H,19,22). The van der Waals surface area contributed by atoms with E-state index in [9.17, 15) is 9.59 Å². The Bertz CT molecular complexity index is 781. The van der Waals surface area contributed by atoms with E-state index in [1.807, 2.05) is 0 Å². The van der Waals surface area contributed by atoms with Gasteiger partial charge in [-0.05, 0) is 17.7 Å². The topological polar surface area (TPSA) is 74.3 Å². The van der Waals surface area contributed by atoms with E-state index >= 15 is 0 Å². The lowest BCUT2D eigenvalue weighted by atomic mass is 10.2. The third kappa shape index (κ3) is 3.98. The molecule has 24 heavy (non-hydrogen) atoms. The van der Waals surface area contributed by atoms with Crippen molar-refractivity contribution < 1.29 is 9.59 Å². The van der Waals surface area contributed by atoms with Gasteiger partial charge in [0.15, 0.2) is 5.13 Å². The van der Waals surface area contributed by atoms with Gasteiger partial charge < -0.3 is 10.6 Å². The Morgan fingerprint density at radius 1 is 1.42 bits per heavy atom. The molecule has 1 aromatic carbocycles. The van der Waals surface area contributed by atoms with Gasteiger partial charge in [0.25, 0.3) is 0 Å². The molecule has 3 amide bonds. The van der Waals surface area contributed by atoms with Crippen LogP contribution in [0.3, 0.4) is 0 Å². The lowest BCUT2D eigenvalue weighted by Gasteiger charge is -2.09. The van der Waals surface area contributed by atoms with Crippen LogP contribution < -0.4 is 15.5 Å². The molecular weight excluding hydrogens is 371 g/mol. The van der Waals surface area contributed by atoms with Crippen LogP contribution in [0.5, 0.6) is 0 Å². The van der Waals surface area contributed by atoms with Crippen LogP contribution in [0.15, 0.2) is 23.6 Å². The van der Waals surface area contributed by atoms with E-state index in [1.165, 1.54) is 11.3 Å². The van der Waals surface area contributed by atoms with Gasteiger partial charge in [0.2, 0.25) is 5.91 Å². The molecule has 0 aliphatic carbocycles. The summed E-state index contributed by atoms with van der Waals surface area (Å²) in [4.78, 5) is 29.6. The molecule has 2 heterocycles. The van der Waals surface area contributed by atoms with Crippen molar-refractivity contribution in [3.05, 3.63) is 44.9 Å². The van der Waals surface area contributed by atoms with Crippen LogP contribution >= 0.6 is 34.5 Å². The molecule has 0 atom stereocenters. The number of amides is 3. The van der Waals surface area contributed by atoms with Crippen LogP contribution in [0.1, 0.15) is 11.3 Å². The highest BCUT2D eigenvalue weighted by Gasteiger charge is 2.24. The molecule has 9 heteroatoms. The van der Waals surface area contributed by atoms with Crippen LogP contribution in [0.4, 0.5) is 9.93 Å². The zero-order valence-corrected chi connectivity index (χ0v) is 14.8. The number of carbonyl (C=O) groups excluding carboxylic acids is 2. The summed E-state index contributed by atoms with van der Waals surface area (Å²) in [7, 11) is 0. The molecule has 1 aliphatic heterocycles. The van der Waals surface area contributed by atoms with Crippen LogP contribution in [0.2, 0.25) is 10.0 Å².